The average molecular weight is 328 g/mol. The summed E-state index contributed by atoms with van der Waals surface area (Å²) in [6.07, 6.45) is 6.36. The van der Waals surface area contributed by atoms with E-state index in [1.807, 2.05) is 19.3 Å². The van der Waals surface area contributed by atoms with Crippen LogP contribution in [-0.4, -0.2) is 52.0 Å². The van der Waals surface area contributed by atoms with Crippen LogP contribution in [0.5, 0.6) is 0 Å². The maximum atomic E-state index is 5.95. The van der Waals surface area contributed by atoms with Gasteiger partial charge in [-0.25, -0.2) is 0 Å². The van der Waals surface area contributed by atoms with E-state index in [1.165, 1.54) is 23.2 Å². The van der Waals surface area contributed by atoms with Crippen LogP contribution in [0.4, 0.5) is 0 Å². The average Bonchev–Trinajstić information content (AvgIpc) is 2.87. The summed E-state index contributed by atoms with van der Waals surface area (Å²) in [5.74, 6) is 0. The number of aromatic nitrogens is 3. The van der Waals surface area contributed by atoms with Gasteiger partial charge >= 0.3 is 0 Å². The minimum absolute atomic E-state index is 0.233. The van der Waals surface area contributed by atoms with Crippen LogP contribution in [0.15, 0.2) is 24.5 Å². The summed E-state index contributed by atoms with van der Waals surface area (Å²) in [6, 6.07) is 4.21. The van der Waals surface area contributed by atoms with E-state index in [2.05, 4.69) is 45.6 Å². The molecule has 0 bridgehead atoms. The number of pyridine rings is 1. The lowest BCUT2D eigenvalue weighted by molar-refractivity contribution is -0.0379. The molecule has 0 saturated carbocycles. The molecule has 0 spiro atoms. The summed E-state index contributed by atoms with van der Waals surface area (Å²) >= 11 is 0. The Balaban J connectivity index is 1.47. The monoisotopic (exact) mass is 328 g/mol. The molecule has 0 amide bonds. The molecule has 0 aromatic carbocycles. The molecule has 2 aromatic rings. The van der Waals surface area contributed by atoms with E-state index in [9.17, 15) is 0 Å². The van der Waals surface area contributed by atoms with E-state index >= 15 is 0 Å². The Kier molecular flexibility index (Phi) is 5.63. The molecule has 0 N–H and O–H groups in total. The highest BCUT2D eigenvalue weighted by molar-refractivity contribution is 5.21. The fourth-order valence-corrected chi connectivity index (χ4v) is 3.40. The fraction of sp³-hybridized carbons (Fsp3) is 0.579. The van der Waals surface area contributed by atoms with Crippen molar-refractivity contribution < 1.29 is 4.74 Å². The normalized spacial score (nSPS) is 18.9. The van der Waals surface area contributed by atoms with E-state index in [0.717, 1.165) is 44.9 Å². The van der Waals surface area contributed by atoms with E-state index < -0.39 is 0 Å². The van der Waals surface area contributed by atoms with Crippen LogP contribution in [0, 0.1) is 20.8 Å². The molecule has 3 heterocycles. The van der Waals surface area contributed by atoms with Crippen molar-refractivity contribution >= 4 is 0 Å². The molecule has 1 atom stereocenters. The van der Waals surface area contributed by atoms with Gasteiger partial charge in [-0.2, -0.15) is 5.10 Å². The number of aryl methyl sites for hydroxylation is 4. The highest BCUT2D eigenvalue weighted by Crippen LogP contribution is 2.12. The summed E-state index contributed by atoms with van der Waals surface area (Å²) in [5, 5.41) is 4.55. The topological polar surface area (TPSA) is 43.2 Å². The van der Waals surface area contributed by atoms with Crippen molar-refractivity contribution in [1.82, 2.24) is 19.7 Å². The molecular weight excluding hydrogens is 300 g/mol. The van der Waals surface area contributed by atoms with E-state index in [4.69, 9.17) is 4.74 Å². The van der Waals surface area contributed by atoms with Gasteiger partial charge in [0.2, 0.25) is 0 Å². The van der Waals surface area contributed by atoms with Gasteiger partial charge in [0.05, 0.1) is 24.9 Å². The van der Waals surface area contributed by atoms with Crippen molar-refractivity contribution in [1.29, 1.82) is 0 Å². The van der Waals surface area contributed by atoms with E-state index in [-0.39, 0.29) is 6.10 Å². The lowest BCUT2D eigenvalue weighted by Gasteiger charge is -2.33. The number of rotatable bonds is 6. The first-order valence-corrected chi connectivity index (χ1v) is 8.86. The minimum Gasteiger partial charge on any atom is -0.374 e. The lowest BCUT2D eigenvalue weighted by atomic mass is 10.1. The SMILES string of the molecule is Cc1cc(C)n(CC2CN(CCCc3cnccc3C)CCO2)n1. The van der Waals surface area contributed by atoms with Crippen molar-refractivity contribution in [3.63, 3.8) is 0 Å². The van der Waals surface area contributed by atoms with Gasteiger partial charge in [-0.3, -0.25) is 14.6 Å². The molecule has 0 aliphatic carbocycles. The molecule has 5 heteroatoms. The Morgan fingerprint density at radius 2 is 2.17 bits per heavy atom. The third-order valence-corrected chi connectivity index (χ3v) is 4.77. The zero-order valence-corrected chi connectivity index (χ0v) is 15.0. The molecule has 3 rings (SSSR count). The summed E-state index contributed by atoms with van der Waals surface area (Å²) in [6.45, 7) is 11.1. The molecule has 24 heavy (non-hydrogen) atoms. The predicted molar refractivity (Wildman–Crippen MR) is 95.2 cm³/mol. The smallest absolute Gasteiger partial charge is 0.0898 e. The Hall–Kier alpha value is -1.72. The van der Waals surface area contributed by atoms with Crippen molar-refractivity contribution in [2.75, 3.05) is 26.2 Å². The Morgan fingerprint density at radius 1 is 1.29 bits per heavy atom. The first-order valence-electron chi connectivity index (χ1n) is 8.86. The van der Waals surface area contributed by atoms with Gasteiger partial charge in [0, 0.05) is 31.2 Å². The van der Waals surface area contributed by atoms with Crippen LogP contribution in [0.3, 0.4) is 0 Å². The van der Waals surface area contributed by atoms with Crippen LogP contribution in [-0.2, 0) is 17.7 Å². The van der Waals surface area contributed by atoms with Gasteiger partial charge < -0.3 is 4.74 Å². The quantitative estimate of drug-likeness (QED) is 0.817. The third kappa shape index (κ3) is 4.42. The second kappa shape index (κ2) is 7.90. The molecule has 1 fully saturated rings. The van der Waals surface area contributed by atoms with E-state index in [0.29, 0.717) is 0 Å². The molecule has 1 aliphatic heterocycles. The predicted octanol–water partition coefficient (Wildman–Crippen LogP) is 2.54. The number of morpholine rings is 1. The van der Waals surface area contributed by atoms with Crippen LogP contribution in [0.2, 0.25) is 0 Å². The van der Waals surface area contributed by atoms with Gasteiger partial charge in [0.15, 0.2) is 0 Å². The van der Waals surface area contributed by atoms with Crippen LogP contribution < -0.4 is 0 Å². The van der Waals surface area contributed by atoms with Gasteiger partial charge in [-0.15, -0.1) is 0 Å². The second-order valence-corrected chi connectivity index (χ2v) is 6.81. The van der Waals surface area contributed by atoms with Crippen molar-refractivity contribution in [2.45, 2.75) is 46.3 Å². The number of hydrogen-bond acceptors (Lipinski definition) is 4. The molecule has 130 valence electrons. The molecule has 1 aliphatic rings. The summed E-state index contributed by atoms with van der Waals surface area (Å²) in [5.41, 5.74) is 4.99. The highest BCUT2D eigenvalue weighted by Gasteiger charge is 2.21. The molecule has 1 saturated heterocycles. The van der Waals surface area contributed by atoms with Gasteiger partial charge in [-0.05, 0) is 63.4 Å². The highest BCUT2D eigenvalue weighted by atomic mass is 16.5. The summed E-state index contributed by atoms with van der Waals surface area (Å²) in [4.78, 5) is 6.76. The Bertz CT molecular complexity index is 667. The number of nitrogens with zero attached hydrogens (tertiary/aromatic N) is 4. The molecule has 5 nitrogen and oxygen atoms in total. The largest absolute Gasteiger partial charge is 0.374 e. The van der Waals surface area contributed by atoms with Crippen LogP contribution in [0.25, 0.3) is 0 Å². The Labute approximate surface area is 144 Å². The minimum atomic E-state index is 0.233. The van der Waals surface area contributed by atoms with Crippen LogP contribution >= 0.6 is 0 Å². The first-order chi connectivity index (χ1) is 11.6. The standard InChI is InChI=1S/C19H28N4O/c1-15-6-7-20-12-18(15)5-4-8-22-9-10-24-19(13-22)14-23-17(3)11-16(2)21-23/h6-7,11-12,19H,4-5,8-10,13-14H2,1-3H3. The Morgan fingerprint density at radius 3 is 2.92 bits per heavy atom. The van der Waals surface area contributed by atoms with Crippen molar-refractivity contribution in [2.24, 2.45) is 0 Å². The van der Waals surface area contributed by atoms with E-state index in [1.54, 1.807) is 0 Å². The number of ether oxygens (including phenoxy) is 1. The fourth-order valence-electron chi connectivity index (χ4n) is 3.40. The molecule has 0 radical (unpaired) electrons. The zero-order chi connectivity index (χ0) is 16.9. The van der Waals surface area contributed by atoms with Crippen molar-refractivity contribution in [3.8, 4) is 0 Å². The maximum Gasteiger partial charge on any atom is 0.0898 e. The maximum absolute atomic E-state index is 5.95. The third-order valence-electron chi connectivity index (χ3n) is 4.77. The number of hydrogen-bond donors (Lipinski definition) is 0. The first kappa shape index (κ1) is 17.1. The van der Waals surface area contributed by atoms with Crippen molar-refractivity contribution in [3.05, 3.63) is 47.0 Å². The zero-order valence-electron chi connectivity index (χ0n) is 15.0. The molecule has 1 unspecified atom stereocenters. The van der Waals surface area contributed by atoms with Gasteiger partial charge in [0.25, 0.3) is 0 Å². The molecular formula is C19H28N4O. The summed E-state index contributed by atoms with van der Waals surface area (Å²) < 4.78 is 8.02. The summed E-state index contributed by atoms with van der Waals surface area (Å²) in [7, 11) is 0. The second-order valence-electron chi connectivity index (χ2n) is 6.81. The van der Waals surface area contributed by atoms with Crippen LogP contribution in [0.1, 0.15) is 28.9 Å². The van der Waals surface area contributed by atoms with Gasteiger partial charge in [-0.1, -0.05) is 0 Å². The lowest BCUT2D eigenvalue weighted by Crippen LogP contribution is -2.44. The van der Waals surface area contributed by atoms with Gasteiger partial charge in [0.1, 0.15) is 0 Å². The molecule has 2 aromatic heterocycles.